The number of nitrogens with one attached hydrogen (secondary N) is 2. The minimum atomic E-state index is -0.531. The summed E-state index contributed by atoms with van der Waals surface area (Å²) in [5.41, 5.74) is 6.87. The Morgan fingerprint density at radius 2 is 2.19 bits per heavy atom. The lowest BCUT2D eigenvalue weighted by molar-refractivity contribution is 0.0154. The van der Waals surface area contributed by atoms with Gasteiger partial charge in [0.2, 0.25) is 0 Å². The minimum Gasteiger partial charge on any atom is -0.444 e. The van der Waals surface area contributed by atoms with Gasteiger partial charge in [0.25, 0.3) is 0 Å². The summed E-state index contributed by atoms with van der Waals surface area (Å²) in [6.07, 6.45) is 4.86. The van der Waals surface area contributed by atoms with Crippen molar-refractivity contribution in [3.63, 3.8) is 0 Å². The molecular formula is C22H33N7O3. The van der Waals surface area contributed by atoms with E-state index in [9.17, 15) is 9.59 Å². The van der Waals surface area contributed by atoms with Crippen LogP contribution in [-0.4, -0.2) is 68.9 Å². The summed E-state index contributed by atoms with van der Waals surface area (Å²) in [5, 5.41) is 9.75. The number of hydrogen-bond donors (Lipinski definition) is 3. The van der Waals surface area contributed by atoms with E-state index in [1.807, 2.05) is 33.8 Å². The standard InChI is InChI=1S/C22H33N7O3/c1-5-28(13-15-8-7-11-29(14-15)21(31)32-22(2,3)4)20(30)25-19-17(18(23)26-27-19)16-9-6-10-24-12-16/h6,9-10,12,15H,5,7-8,11,13-14H2,1-4H3,(H4,23,25,26,27,30). The van der Waals surface area contributed by atoms with Gasteiger partial charge in [-0.2, -0.15) is 5.10 Å². The van der Waals surface area contributed by atoms with Crippen molar-refractivity contribution in [3.05, 3.63) is 24.5 Å². The van der Waals surface area contributed by atoms with Crippen molar-refractivity contribution in [2.24, 2.45) is 5.92 Å². The second-order valence-corrected chi connectivity index (χ2v) is 9.01. The van der Waals surface area contributed by atoms with Crippen molar-refractivity contribution >= 4 is 23.8 Å². The third-order valence-electron chi connectivity index (χ3n) is 5.29. The van der Waals surface area contributed by atoms with Gasteiger partial charge in [-0.1, -0.05) is 6.07 Å². The number of anilines is 2. The molecule has 32 heavy (non-hydrogen) atoms. The molecule has 1 saturated heterocycles. The van der Waals surface area contributed by atoms with Gasteiger partial charge in [0, 0.05) is 44.1 Å². The Bertz CT molecular complexity index is 923. The van der Waals surface area contributed by atoms with E-state index in [-0.39, 0.29) is 18.0 Å². The molecule has 2 aromatic heterocycles. The molecule has 1 unspecified atom stereocenters. The molecular weight excluding hydrogens is 410 g/mol. The molecule has 0 saturated carbocycles. The molecule has 3 rings (SSSR count). The SMILES string of the molecule is CCN(CC1CCCN(C(=O)OC(C)(C)C)C1)C(=O)Nc1n[nH]c(N)c1-c1cccnc1. The van der Waals surface area contributed by atoms with Crippen molar-refractivity contribution in [1.29, 1.82) is 0 Å². The van der Waals surface area contributed by atoms with Gasteiger partial charge in [-0.05, 0) is 52.5 Å². The van der Waals surface area contributed by atoms with Crippen LogP contribution >= 0.6 is 0 Å². The number of pyridine rings is 1. The van der Waals surface area contributed by atoms with Crippen LogP contribution in [0.15, 0.2) is 24.5 Å². The Labute approximate surface area is 188 Å². The largest absolute Gasteiger partial charge is 0.444 e. The number of rotatable bonds is 5. The van der Waals surface area contributed by atoms with Crippen LogP contribution in [-0.2, 0) is 4.74 Å². The summed E-state index contributed by atoms with van der Waals surface area (Å²) in [5.74, 6) is 0.888. The molecule has 174 valence electrons. The Kier molecular flexibility index (Phi) is 7.22. The molecule has 1 aliphatic rings. The lowest BCUT2D eigenvalue weighted by Crippen LogP contribution is -2.47. The van der Waals surface area contributed by atoms with Crippen LogP contribution in [0.1, 0.15) is 40.5 Å². The van der Waals surface area contributed by atoms with Crippen LogP contribution in [0.3, 0.4) is 0 Å². The first-order valence-electron chi connectivity index (χ1n) is 11.0. The van der Waals surface area contributed by atoms with E-state index in [1.165, 1.54) is 0 Å². The molecule has 3 heterocycles. The van der Waals surface area contributed by atoms with Crippen molar-refractivity contribution < 1.29 is 14.3 Å². The number of nitrogen functional groups attached to an aromatic ring is 1. The molecule has 1 atom stereocenters. The Balaban J connectivity index is 1.64. The number of carbonyl (C=O) groups is 2. The molecule has 0 aromatic carbocycles. The van der Waals surface area contributed by atoms with E-state index in [0.717, 1.165) is 18.4 Å². The van der Waals surface area contributed by atoms with Gasteiger partial charge in [0.1, 0.15) is 11.4 Å². The van der Waals surface area contributed by atoms with Crippen molar-refractivity contribution in [1.82, 2.24) is 25.0 Å². The average molecular weight is 444 g/mol. The number of hydrogen-bond acceptors (Lipinski definition) is 6. The average Bonchev–Trinajstić information content (AvgIpc) is 3.11. The zero-order valence-corrected chi connectivity index (χ0v) is 19.2. The summed E-state index contributed by atoms with van der Waals surface area (Å²) < 4.78 is 5.51. The first kappa shape index (κ1) is 23.4. The van der Waals surface area contributed by atoms with Crippen molar-refractivity contribution in [2.45, 2.75) is 46.1 Å². The molecule has 10 heteroatoms. The Morgan fingerprint density at radius 1 is 1.41 bits per heavy atom. The van der Waals surface area contributed by atoms with E-state index >= 15 is 0 Å². The van der Waals surface area contributed by atoms with E-state index < -0.39 is 5.60 Å². The Morgan fingerprint density at radius 3 is 2.84 bits per heavy atom. The highest BCUT2D eigenvalue weighted by molar-refractivity contribution is 5.95. The summed E-state index contributed by atoms with van der Waals surface area (Å²) in [7, 11) is 0. The van der Waals surface area contributed by atoms with Gasteiger partial charge in [0.15, 0.2) is 5.82 Å². The van der Waals surface area contributed by atoms with Gasteiger partial charge in [-0.15, -0.1) is 0 Å². The fourth-order valence-electron chi connectivity index (χ4n) is 3.80. The van der Waals surface area contributed by atoms with Crippen LogP contribution in [0, 0.1) is 5.92 Å². The molecule has 1 aliphatic heterocycles. The smallest absolute Gasteiger partial charge is 0.410 e. The predicted molar refractivity (Wildman–Crippen MR) is 123 cm³/mol. The van der Waals surface area contributed by atoms with Crippen LogP contribution in [0.25, 0.3) is 11.1 Å². The number of aromatic amines is 1. The molecule has 0 aliphatic carbocycles. The van der Waals surface area contributed by atoms with Gasteiger partial charge < -0.3 is 20.3 Å². The second-order valence-electron chi connectivity index (χ2n) is 9.01. The number of likely N-dealkylation sites (tertiary alicyclic amines) is 1. The summed E-state index contributed by atoms with van der Waals surface area (Å²) >= 11 is 0. The van der Waals surface area contributed by atoms with Crippen molar-refractivity contribution in [2.75, 3.05) is 37.2 Å². The quantitative estimate of drug-likeness (QED) is 0.648. The van der Waals surface area contributed by atoms with E-state index in [4.69, 9.17) is 10.5 Å². The van der Waals surface area contributed by atoms with Crippen molar-refractivity contribution in [3.8, 4) is 11.1 Å². The fraction of sp³-hybridized carbons (Fsp3) is 0.545. The summed E-state index contributed by atoms with van der Waals surface area (Å²) in [6, 6.07) is 3.39. The number of urea groups is 1. The monoisotopic (exact) mass is 443 g/mol. The van der Waals surface area contributed by atoms with Gasteiger partial charge in [-0.3, -0.25) is 15.4 Å². The number of nitrogens with two attached hydrogens (primary N) is 1. The maximum Gasteiger partial charge on any atom is 0.410 e. The molecule has 2 aromatic rings. The van der Waals surface area contributed by atoms with Crippen LogP contribution in [0.4, 0.5) is 21.2 Å². The number of nitrogens with zero attached hydrogens (tertiary/aromatic N) is 4. The summed E-state index contributed by atoms with van der Waals surface area (Å²) in [6.45, 7) is 9.79. The molecule has 10 nitrogen and oxygen atoms in total. The van der Waals surface area contributed by atoms with Crippen LogP contribution in [0.5, 0.6) is 0 Å². The number of amides is 3. The zero-order chi connectivity index (χ0) is 23.3. The fourth-order valence-corrected chi connectivity index (χ4v) is 3.80. The van der Waals surface area contributed by atoms with E-state index in [1.54, 1.807) is 28.3 Å². The first-order valence-corrected chi connectivity index (χ1v) is 11.0. The second kappa shape index (κ2) is 9.88. The summed E-state index contributed by atoms with van der Waals surface area (Å²) in [4.78, 5) is 33.0. The minimum absolute atomic E-state index is 0.170. The van der Waals surface area contributed by atoms with Gasteiger partial charge >= 0.3 is 12.1 Å². The highest BCUT2D eigenvalue weighted by atomic mass is 16.6. The molecule has 0 bridgehead atoms. The third kappa shape index (κ3) is 5.89. The molecule has 0 radical (unpaired) electrons. The predicted octanol–water partition coefficient (Wildman–Crippen LogP) is 3.55. The lowest BCUT2D eigenvalue weighted by atomic mass is 9.98. The number of carbonyl (C=O) groups excluding carboxylic acids is 2. The topological polar surface area (TPSA) is 129 Å². The zero-order valence-electron chi connectivity index (χ0n) is 19.2. The Hall–Kier alpha value is -3.30. The molecule has 1 fully saturated rings. The van der Waals surface area contributed by atoms with E-state index in [2.05, 4.69) is 20.5 Å². The van der Waals surface area contributed by atoms with E-state index in [0.29, 0.717) is 43.4 Å². The maximum absolute atomic E-state index is 13.0. The highest BCUT2D eigenvalue weighted by Gasteiger charge is 2.29. The maximum atomic E-state index is 13.0. The molecule has 4 N–H and O–H groups in total. The number of piperidine rings is 1. The van der Waals surface area contributed by atoms with Gasteiger partial charge in [-0.25, -0.2) is 9.59 Å². The lowest BCUT2D eigenvalue weighted by Gasteiger charge is -2.36. The van der Waals surface area contributed by atoms with Crippen LogP contribution in [0.2, 0.25) is 0 Å². The molecule has 3 amide bonds. The highest BCUT2D eigenvalue weighted by Crippen LogP contribution is 2.31. The molecule has 0 spiro atoms. The van der Waals surface area contributed by atoms with Crippen LogP contribution < -0.4 is 11.1 Å². The number of H-pyrrole nitrogens is 1. The number of ether oxygens (including phenoxy) is 1. The van der Waals surface area contributed by atoms with Gasteiger partial charge in [0.05, 0.1) is 5.56 Å². The number of aromatic nitrogens is 3. The third-order valence-corrected chi connectivity index (χ3v) is 5.29. The first-order chi connectivity index (χ1) is 15.2. The normalized spacial score (nSPS) is 16.5.